The lowest BCUT2D eigenvalue weighted by Crippen LogP contribution is -2.30. The number of unbranched alkanes of at least 4 members (excludes halogenated alkanes) is 5. The molecule has 0 spiro atoms. The van der Waals surface area contributed by atoms with Gasteiger partial charge in [-0.25, -0.2) is 4.79 Å². The van der Waals surface area contributed by atoms with E-state index in [-0.39, 0.29) is 18.0 Å². The molecule has 1 aromatic carbocycles. The Morgan fingerprint density at radius 2 is 1.52 bits per heavy atom. The van der Waals surface area contributed by atoms with Crippen LogP contribution in [0.15, 0.2) is 24.3 Å². The van der Waals surface area contributed by atoms with Gasteiger partial charge >= 0.3 is 14.0 Å². The van der Waals surface area contributed by atoms with Crippen molar-refractivity contribution in [3.8, 4) is 0 Å². The van der Waals surface area contributed by atoms with Gasteiger partial charge < -0.3 is 4.74 Å². The minimum absolute atomic E-state index is 0.200. The number of amides is 2. The van der Waals surface area contributed by atoms with Gasteiger partial charge in [-0.2, -0.15) is 0 Å². The number of nitrogens with zero attached hydrogens (tertiary/aromatic N) is 1. The van der Waals surface area contributed by atoms with E-state index in [1.165, 1.54) is 12.0 Å². The van der Waals surface area contributed by atoms with E-state index in [9.17, 15) is 18.9 Å². The van der Waals surface area contributed by atoms with Crippen LogP contribution in [0.3, 0.4) is 0 Å². The van der Waals surface area contributed by atoms with Crippen LogP contribution in [0.4, 0.5) is 0 Å². The highest BCUT2D eigenvalue weighted by Crippen LogP contribution is 2.24. The first-order valence-electron chi connectivity index (χ1n) is 9.14. The predicted octanol–water partition coefficient (Wildman–Crippen LogP) is 3.56. The molecule has 0 fully saturated rings. The summed E-state index contributed by atoms with van der Waals surface area (Å²) >= 11 is 0. The molecule has 0 aliphatic carbocycles. The largest absolute Gasteiger partial charge is 0.520 e. The van der Waals surface area contributed by atoms with Crippen molar-refractivity contribution >= 4 is 25.8 Å². The van der Waals surface area contributed by atoms with Crippen LogP contribution < -0.4 is 0 Å². The van der Waals surface area contributed by atoms with Crippen molar-refractivity contribution in [2.24, 2.45) is 0 Å². The molecule has 2 amide bonds. The van der Waals surface area contributed by atoms with E-state index in [1.807, 2.05) is 0 Å². The van der Waals surface area contributed by atoms with Crippen LogP contribution in [0.1, 0.15) is 59.2 Å². The van der Waals surface area contributed by atoms with Crippen LogP contribution in [0.2, 0.25) is 0 Å². The van der Waals surface area contributed by atoms with Crippen LogP contribution in [0.5, 0.6) is 0 Å². The molecule has 1 atom stereocenters. The highest BCUT2D eigenvalue weighted by atomic mass is 31.1. The van der Waals surface area contributed by atoms with Crippen molar-refractivity contribution in [3.05, 3.63) is 35.4 Å². The van der Waals surface area contributed by atoms with Crippen molar-refractivity contribution in [2.75, 3.05) is 26.4 Å². The minimum Gasteiger partial charge on any atom is -0.466 e. The number of hydrogen-bond acceptors (Lipinski definition) is 6. The van der Waals surface area contributed by atoms with Crippen molar-refractivity contribution in [3.63, 3.8) is 0 Å². The number of fused-ring (bicyclic) bond motifs is 1. The Balaban J connectivity index is 1.51. The molecular weight excluding hydrogens is 369 g/mol. The molecule has 1 aliphatic heterocycles. The first-order chi connectivity index (χ1) is 13.0. The molecule has 7 nitrogen and oxygen atoms in total. The fourth-order valence-corrected chi connectivity index (χ4v) is 3.67. The first-order valence-corrected chi connectivity index (χ1v) is 10.5. The van der Waals surface area contributed by atoms with Gasteiger partial charge in [0, 0.05) is 6.54 Å². The summed E-state index contributed by atoms with van der Waals surface area (Å²) in [5.41, 5.74) is 0.987. The highest BCUT2D eigenvalue weighted by molar-refractivity contribution is 7.40. The van der Waals surface area contributed by atoms with Gasteiger partial charge in [0.2, 0.25) is 0 Å². The van der Waals surface area contributed by atoms with Crippen LogP contribution in [0, 0.1) is 0 Å². The summed E-state index contributed by atoms with van der Waals surface area (Å²) in [5.74, 6) is -0.934. The number of rotatable bonds is 12. The Morgan fingerprint density at radius 1 is 0.963 bits per heavy atom. The molecule has 1 aliphatic rings. The lowest BCUT2D eigenvalue weighted by molar-refractivity contribution is -0.137. The van der Waals surface area contributed by atoms with Crippen LogP contribution in [0.25, 0.3) is 0 Å². The number of esters is 1. The van der Waals surface area contributed by atoms with E-state index in [4.69, 9.17) is 4.52 Å². The molecule has 1 unspecified atom stereocenters. The van der Waals surface area contributed by atoms with E-state index >= 15 is 0 Å². The van der Waals surface area contributed by atoms with Gasteiger partial charge in [-0.05, 0) is 29.5 Å². The number of carbonyl (C=O) groups is 3. The van der Waals surface area contributed by atoms with Gasteiger partial charge in [-0.15, -0.1) is 4.52 Å². The molecule has 0 bridgehead atoms. The van der Waals surface area contributed by atoms with Gasteiger partial charge in [0.1, 0.15) is 6.61 Å². The third-order valence-corrected chi connectivity index (χ3v) is 5.36. The van der Waals surface area contributed by atoms with Gasteiger partial charge in [0.15, 0.2) is 0 Å². The van der Waals surface area contributed by atoms with Gasteiger partial charge in [0.25, 0.3) is 18.0 Å². The fourth-order valence-electron chi connectivity index (χ4n) is 2.90. The van der Waals surface area contributed by atoms with Crippen molar-refractivity contribution in [1.29, 1.82) is 0 Å². The maximum atomic E-state index is 12.2. The Morgan fingerprint density at radius 3 is 2.11 bits per heavy atom. The van der Waals surface area contributed by atoms with Crippen LogP contribution in [-0.4, -0.2) is 49.1 Å². The highest BCUT2D eigenvalue weighted by Gasteiger charge is 2.34. The van der Waals surface area contributed by atoms with E-state index in [0.29, 0.717) is 24.3 Å². The fraction of sp³-hybridized carbons (Fsp3) is 0.526. The SMILES string of the molecule is COC(=O)C[P+](=O)OCCCCCCCCN1C(=O)c2ccccc2C1=O. The maximum Gasteiger partial charge on any atom is 0.520 e. The Kier molecular flexibility index (Phi) is 8.55. The van der Waals surface area contributed by atoms with Gasteiger partial charge in [-0.1, -0.05) is 37.8 Å². The number of benzene rings is 1. The topological polar surface area (TPSA) is 90.0 Å². The Bertz CT molecular complexity index is 670. The summed E-state index contributed by atoms with van der Waals surface area (Å²) in [4.78, 5) is 36.7. The third-order valence-electron chi connectivity index (χ3n) is 4.38. The van der Waals surface area contributed by atoms with E-state index < -0.39 is 14.0 Å². The molecular formula is C19H25NO6P+. The monoisotopic (exact) mass is 394 g/mol. The summed E-state index contributed by atoms with van der Waals surface area (Å²) in [6.07, 6.45) is 5.23. The van der Waals surface area contributed by atoms with E-state index in [2.05, 4.69) is 4.74 Å². The lowest BCUT2D eigenvalue weighted by Gasteiger charge is -2.13. The average molecular weight is 394 g/mol. The van der Waals surface area contributed by atoms with Crippen molar-refractivity contribution in [1.82, 2.24) is 4.90 Å². The molecule has 27 heavy (non-hydrogen) atoms. The van der Waals surface area contributed by atoms with Crippen molar-refractivity contribution < 1.29 is 28.2 Å². The molecule has 1 heterocycles. The molecule has 0 saturated heterocycles. The minimum atomic E-state index is -1.98. The third kappa shape index (κ3) is 6.22. The molecule has 0 radical (unpaired) electrons. The Labute approximate surface area is 159 Å². The lowest BCUT2D eigenvalue weighted by atomic mass is 10.1. The zero-order valence-corrected chi connectivity index (χ0v) is 16.4. The quantitative estimate of drug-likeness (QED) is 0.233. The molecule has 0 N–H and O–H groups in total. The predicted molar refractivity (Wildman–Crippen MR) is 100.0 cm³/mol. The second kappa shape index (κ2) is 10.9. The molecule has 0 saturated carbocycles. The van der Waals surface area contributed by atoms with Crippen LogP contribution >= 0.6 is 8.03 Å². The smallest absolute Gasteiger partial charge is 0.466 e. The summed E-state index contributed by atoms with van der Waals surface area (Å²) in [6, 6.07) is 6.92. The zero-order chi connectivity index (χ0) is 19.6. The summed E-state index contributed by atoms with van der Waals surface area (Å²) in [7, 11) is -0.734. The number of imide groups is 1. The van der Waals surface area contributed by atoms with Crippen molar-refractivity contribution in [2.45, 2.75) is 38.5 Å². The first kappa shape index (κ1) is 21.2. The normalized spacial score (nSPS) is 13.7. The number of carbonyl (C=O) groups excluding carboxylic acids is 3. The van der Waals surface area contributed by atoms with Gasteiger partial charge in [0.05, 0.1) is 18.2 Å². The molecule has 8 heteroatoms. The summed E-state index contributed by atoms with van der Waals surface area (Å²) < 4.78 is 20.9. The Hall–Kier alpha value is -2.11. The van der Waals surface area contributed by atoms with Gasteiger partial charge in [-0.3, -0.25) is 14.5 Å². The second-order valence-electron chi connectivity index (χ2n) is 6.33. The molecule has 0 aromatic heterocycles. The summed E-state index contributed by atoms with van der Waals surface area (Å²) in [6.45, 7) is 0.810. The van der Waals surface area contributed by atoms with E-state index in [1.54, 1.807) is 24.3 Å². The maximum absolute atomic E-state index is 12.2. The van der Waals surface area contributed by atoms with E-state index in [0.717, 1.165) is 38.5 Å². The standard InChI is InChI=1S/C19H25NO6P/c1-25-17(21)14-27(24)26-13-9-5-3-2-4-8-12-20-18(22)15-10-6-7-11-16(15)19(20)23/h6-7,10-11H,2-5,8-9,12-14H2,1H3/q+1. The number of hydrogen-bond donors (Lipinski definition) is 0. The molecule has 146 valence electrons. The average Bonchev–Trinajstić information content (AvgIpc) is 2.91. The van der Waals surface area contributed by atoms with Crippen LogP contribution in [-0.2, 0) is 18.6 Å². The number of methoxy groups -OCH3 is 1. The number of ether oxygens (including phenoxy) is 1. The zero-order valence-electron chi connectivity index (χ0n) is 15.5. The molecule has 2 rings (SSSR count). The second-order valence-corrected chi connectivity index (χ2v) is 7.57. The summed E-state index contributed by atoms with van der Waals surface area (Å²) in [5, 5.41) is 0. The molecule has 1 aromatic rings.